The van der Waals surface area contributed by atoms with E-state index in [1.54, 1.807) is 11.3 Å². The van der Waals surface area contributed by atoms with Crippen LogP contribution in [0.2, 0.25) is 0 Å². The number of rotatable bonds is 3. The molecule has 3 heterocycles. The Morgan fingerprint density at radius 2 is 1.24 bits per heavy atom. The first kappa shape index (κ1) is 28.7. The van der Waals surface area contributed by atoms with Crippen molar-refractivity contribution in [2.24, 2.45) is 0 Å². The Morgan fingerprint density at radius 1 is 0.529 bits per heavy atom. The van der Waals surface area contributed by atoms with E-state index in [-0.39, 0.29) is 5.41 Å². The largest absolute Gasteiger partial charge is 0.278 e. The van der Waals surface area contributed by atoms with Crippen LogP contribution in [0.25, 0.3) is 92.3 Å². The van der Waals surface area contributed by atoms with Crippen LogP contribution in [0.4, 0.5) is 0 Å². The summed E-state index contributed by atoms with van der Waals surface area (Å²) in [6, 6.07) is 55.0. The second-order valence-corrected chi connectivity index (χ2v) is 15.2. The standard InChI is InChI=1S/C47H31N3S/c1-47(2)37-17-9-6-15-33(37)42-35-27-36-32-14-7-10-18-39(32)50(40(36)26-31(35)24-25-38(42)47)46-48-43(45-44(49-46)34-16-8-11-19-41(34)51-45)30-22-20-29(21-23-30)28-12-4-3-5-13-28/h3-27H,1-2H3. The van der Waals surface area contributed by atoms with Gasteiger partial charge in [0.25, 0.3) is 0 Å². The van der Waals surface area contributed by atoms with Crippen molar-refractivity contribution >= 4 is 64.2 Å². The summed E-state index contributed by atoms with van der Waals surface area (Å²) in [5.74, 6) is 0.686. The van der Waals surface area contributed by atoms with Gasteiger partial charge in [-0.25, -0.2) is 9.97 Å². The van der Waals surface area contributed by atoms with E-state index in [0.29, 0.717) is 5.95 Å². The molecule has 240 valence electrons. The highest BCUT2D eigenvalue weighted by atomic mass is 32.1. The van der Waals surface area contributed by atoms with Gasteiger partial charge < -0.3 is 0 Å². The molecule has 0 aliphatic heterocycles. The number of hydrogen-bond acceptors (Lipinski definition) is 3. The van der Waals surface area contributed by atoms with Crippen molar-refractivity contribution in [1.29, 1.82) is 0 Å². The molecule has 0 N–H and O–H groups in total. The zero-order chi connectivity index (χ0) is 33.8. The quantitative estimate of drug-likeness (QED) is 0.187. The van der Waals surface area contributed by atoms with Gasteiger partial charge in [-0.05, 0) is 68.4 Å². The van der Waals surface area contributed by atoms with Crippen LogP contribution in [-0.2, 0) is 5.41 Å². The Balaban J connectivity index is 1.19. The van der Waals surface area contributed by atoms with Crippen molar-refractivity contribution < 1.29 is 0 Å². The van der Waals surface area contributed by atoms with E-state index in [0.717, 1.165) is 37.9 Å². The SMILES string of the molecule is CC1(C)c2ccccc2-c2c1ccc1cc3c(cc21)c1ccccc1n3-c1nc(-c2ccc(-c3ccccc3)cc2)c2sc3ccccc3c2n1. The van der Waals surface area contributed by atoms with Crippen molar-refractivity contribution in [2.45, 2.75) is 19.3 Å². The van der Waals surface area contributed by atoms with Crippen LogP contribution >= 0.6 is 11.3 Å². The molecular formula is C47H31N3S. The summed E-state index contributed by atoms with van der Waals surface area (Å²) in [5.41, 5.74) is 13.1. The third-order valence-corrected chi connectivity index (χ3v) is 12.2. The molecule has 51 heavy (non-hydrogen) atoms. The summed E-state index contributed by atoms with van der Waals surface area (Å²) in [6.45, 7) is 4.70. The Hall–Kier alpha value is -6.10. The molecule has 0 radical (unpaired) electrons. The maximum atomic E-state index is 5.46. The molecule has 0 atom stereocenters. The molecule has 0 bridgehead atoms. The highest BCUT2D eigenvalue weighted by Gasteiger charge is 2.36. The van der Waals surface area contributed by atoms with Gasteiger partial charge in [0.15, 0.2) is 0 Å². The normalized spacial score (nSPS) is 13.5. The number of hydrogen-bond donors (Lipinski definition) is 0. The number of thiophene rings is 1. The summed E-state index contributed by atoms with van der Waals surface area (Å²) in [4.78, 5) is 10.9. The predicted molar refractivity (Wildman–Crippen MR) is 215 cm³/mol. The van der Waals surface area contributed by atoms with E-state index in [1.807, 2.05) is 0 Å². The van der Waals surface area contributed by atoms with E-state index in [1.165, 1.54) is 59.6 Å². The maximum absolute atomic E-state index is 5.46. The van der Waals surface area contributed by atoms with Crippen LogP contribution in [0.1, 0.15) is 25.0 Å². The Bertz CT molecular complexity index is 3040. The van der Waals surface area contributed by atoms with Crippen molar-refractivity contribution in [3.05, 3.63) is 163 Å². The van der Waals surface area contributed by atoms with Crippen LogP contribution in [0.5, 0.6) is 0 Å². The molecule has 11 rings (SSSR count). The number of aromatic nitrogens is 3. The van der Waals surface area contributed by atoms with Gasteiger partial charge in [-0.15, -0.1) is 11.3 Å². The van der Waals surface area contributed by atoms with Crippen LogP contribution in [0.15, 0.2) is 152 Å². The molecule has 7 aromatic carbocycles. The van der Waals surface area contributed by atoms with E-state index >= 15 is 0 Å². The zero-order valence-corrected chi connectivity index (χ0v) is 29.0. The number of fused-ring (bicyclic) bond motifs is 11. The number of benzene rings is 7. The molecule has 3 nitrogen and oxygen atoms in total. The topological polar surface area (TPSA) is 30.7 Å². The molecular weight excluding hydrogens is 639 g/mol. The summed E-state index contributed by atoms with van der Waals surface area (Å²) in [6.07, 6.45) is 0. The first-order valence-electron chi connectivity index (χ1n) is 17.5. The van der Waals surface area contributed by atoms with Crippen molar-refractivity contribution in [1.82, 2.24) is 14.5 Å². The third-order valence-electron chi connectivity index (χ3n) is 11.0. The van der Waals surface area contributed by atoms with Gasteiger partial charge >= 0.3 is 0 Å². The Morgan fingerprint density at radius 3 is 2.10 bits per heavy atom. The maximum Gasteiger partial charge on any atom is 0.235 e. The summed E-state index contributed by atoms with van der Waals surface area (Å²) in [5, 5.41) is 6.08. The second-order valence-electron chi connectivity index (χ2n) is 14.2. The molecule has 1 aliphatic carbocycles. The average molecular weight is 670 g/mol. The van der Waals surface area contributed by atoms with Gasteiger partial charge in [0, 0.05) is 31.8 Å². The lowest BCUT2D eigenvalue weighted by Crippen LogP contribution is -2.14. The van der Waals surface area contributed by atoms with Gasteiger partial charge in [-0.2, -0.15) is 0 Å². The van der Waals surface area contributed by atoms with E-state index in [9.17, 15) is 0 Å². The minimum Gasteiger partial charge on any atom is -0.278 e. The molecule has 10 aromatic rings. The number of nitrogens with zero attached hydrogens (tertiary/aromatic N) is 3. The lowest BCUT2D eigenvalue weighted by Gasteiger charge is -2.21. The monoisotopic (exact) mass is 669 g/mol. The van der Waals surface area contributed by atoms with Crippen molar-refractivity contribution in [2.75, 3.05) is 0 Å². The van der Waals surface area contributed by atoms with Crippen molar-refractivity contribution in [3.8, 4) is 39.5 Å². The smallest absolute Gasteiger partial charge is 0.235 e. The second kappa shape index (κ2) is 10.5. The Labute approximate surface area is 299 Å². The molecule has 0 saturated carbocycles. The average Bonchev–Trinajstić information content (AvgIpc) is 3.79. The van der Waals surface area contributed by atoms with Crippen LogP contribution in [0, 0.1) is 0 Å². The fourth-order valence-corrected chi connectivity index (χ4v) is 9.68. The summed E-state index contributed by atoms with van der Waals surface area (Å²) < 4.78 is 4.60. The van der Waals surface area contributed by atoms with E-state index < -0.39 is 0 Å². The van der Waals surface area contributed by atoms with Crippen LogP contribution in [0.3, 0.4) is 0 Å². The zero-order valence-electron chi connectivity index (χ0n) is 28.2. The molecule has 0 unspecified atom stereocenters. The summed E-state index contributed by atoms with van der Waals surface area (Å²) >= 11 is 1.77. The molecule has 0 amide bonds. The third kappa shape index (κ3) is 4.05. The minimum absolute atomic E-state index is 0.0503. The molecule has 1 aliphatic rings. The highest BCUT2D eigenvalue weighted by Crippen LogP contribution is 2.52. The van der Waals surface area contributed by atoms with E-state index in [2.05, 4.69) is 170 Å². The first-order valence-corrected chi connectivity index (χ1v) is 18.3. The number of para-hydroxylation sites is 1. The first-order chi connectivity index (χ1) is 25.0. The molecule has 0 fully saturated rings. The van der Waals surface area contributed by atoms with Crippen LogP contribution < -0.4 is 0 Å². The lowest BCUT2D eigenvalue weighted by atomic mass is 9.82. The summed E-state index contributed by atoms with van der Waals surface area (Å²) in [7, 11) is 0. The fraction of sp³-hybridized carbons (Fsp3) is 0.0638. The molecule has 4 heteroatoms. The van der Waals surface area contributed by atoms with Gasteiger partial charge in [0.2, 0.25) is 5.95 Å². The molecule has 0 spiro atoms. The molecule has 3 aromatic heterocycles. The van der Waals surface area contributed by atoms with E-state index in [4.69, 9.17) is 9.97 Å². The fourth-order valence-electron chi connectivity index (χ4n) is 8.53. The predicted octanol–water partition coefficient (Wildman–Crippen LogP) is 12.7. The van der Waals surface area contributed by atoms with Gasteiger partial charge in [-0.3, -0.25) is 4.57 Å². The minimum atomic E-state index is -0.0503. The van der Waals surface area contributed by atoms with Crippen molar-refractivity contribution in [3.63, 3.8) is 0 Å². The van der Waals surface area contributed by atoms with Gasteiger partial charge in [0.05, 0.1) is 26.9 Å². The lowest BCUT2D eigenvalue weighted by molar-refractivity contribution is 0.661. The van der Waals surface area contributed by atoms with Crippen LogP contribution in [-0.4, -0.2) is 14.5 Å². The molecule has 0 saturated heterocycles. The Kier molecular flexibility index (Phi) is 5.89. The highest BCUT2D eigenvalue weighted by molar-refractivity contribution is 7.26. The van der Waals surface area contributed by atoms with Gasteiger partial charge in [-0.1, -0.05) is 141 Å². The van der Waals surface area contributed by atoms with Gasteiger partial charge in [0.1, 0.15) is 0 Å².